The molecule has 0 spiro atoms. The van der Waals surface area contributed by atoms with Gasteiger partial charge in [-0.1, -0.05) is 6.07 Å². The fraction of sp³-hybridized carbons (Fsp3) is 0.400. The number of pyridine rings is 2. The first-order valence-electron chi connectivity index (χ1n) is 11.8. The quantitative estimate of drug-likeness (QED) is 0.597. The van der Waals surface area contributed by atoms with Crippen molar-refractivity contribution >= 4 is 23.4 Å². The van der Waals surface area contributed by atoms with Crippen molar-refractivity contribution in [3.8, 4) is 5.88 Å². The van der Waals surface area contributed by atoms with Crippen LogP contribution in [0.2, 0.25) is 0 Å². The van der Waals surface area contributed by atoms with E-state index in [-0.39, 0.29) is 12.0 Å². The number of anilines is 3. The first-order valence-corrected chi connectivity index (χ1v) is 11.8. The molecule has 0 unspecified atom stereocenters. The fourth-order valence-electron chi connectivity index (χ4n) is 4.31. The molecular formula is C25H29N7O2. The van der Waals surface area contributed by atoms with Crippen LogP contribution in [0.25, 0.3) is 0 Å². The highest BCUT2D eigenvalue weighted by Crippen LogP contribution is 2.23. The van der Waals surface area contributed by atoms with E-state index in [1.165, 1.54) is 12.8 Å². The van der Waals surface area contributed by atoms with Crippen LogP contribution >= 0.6 is 0 Å². The second kappa shape index (κ2) is 10.0. The third-order valence-corrected chi connectivity index (χ3v) is 6.28. The number of piperazine rings is 1. The van der Waals surface area contributed by atoms with Crippen molar-refractivity contribution in [3.63, 3.8) is 0 Å². The summed E-state index contributed by atoms with van der Waals surface area (Å²) >= 11 is 0. The van der Waals surface area contributed by atoms with Crippen molar-refractivity contribution in [2.24, 2.45) is 0 Å². The summed E-state index contributed by atoms with van der Waals surface area (Å²) in [6, 6.07) is 11.3. The van der Waals surface area contributed by atoms with Gasteiger partial charge in [-0.25, -0.2) is 9.97 Å². The molecule has 0 aromatic carbocycles. The summed E-state index contributed by atoms with van der Waals surface area (Å²) in [7, 11) is 0. The van der Waals surface area contributed by atoms with E-state index in [9.17, 15) is 4.79 Å². The Kier molecular flexibility index (Phi) is 6.51. The first-order chi connectivity index (χ1) is 16.6. The van der Waals surface area contributed by atoms with Gasteiger partial charge in [0.2, 0.25) is 5.88 Å². The summed E-state index contributed by atoms with van der Waals surface area (Å²) < 4.78 is 5.90. The van der Waals surface area contributed by atoms with Gasteiger partial charge in [0.25, 0.3) is 5.91 Å². The predicted octanol–water partition coefficient (Wildman–Crippen LogP) is 3.60. The van der Waals surface area contributed by atoms with Gasteiger partial charge in [-0.05, 0) is 62.4 Å². The van der Waals surface area contributed by atoms with Gasteiger partial charge >= 0.3 is 0 Å². The lowest BCUT2D eigenvalue weighted by atomic mass is 10.2. The van der Waals surface area contributed by atoms with Gasteiger partial charge < -0.3 is 19.9 Å². The van der Waals surface area contributed by atoms with Gasteiger partial charge in [0, 0.05) is 44.6 Å². The predicted molar refractivity (Wildman–Crippen MR) is 130 cm³/mol. The highest BCUT2D eigenvalue weighted by molar-refractivity contribution is 5.94. The van der Waals surface area contributed by atoms with Gasteiger partial charge in [0.15, 0.2) is 11.6 Å². The van der Waals surface area contributed by atoms with E-state index in [1.807, 2.05) is 42.2 Å². The Morgan fingerprint density at radius 1 is 0.912 bits per heavy atom. The molecular weight excluding hydrogens is 430 g/mol. The molecule has 0 radical (unpaired) electrons. The number of amides is 1. The average Bonchev–Trinajstić information content (AvgIpc) is 3.39. The maximum atomic E-state index is 12.9. The molecule has 2 fully saturated rings. The maximum absolute atomic E-state index is 12.9. The van der Waals surface area contributed by atoms with E-state index in [1.54, 1.807) is 18.5 Å². The van der Waals surface area contributed by atoms with Crippen LogP contribution in [0.4, 0.5) is 17.5 Å². The lowest BCUT2D eigenvalue weighted by molar-refractivity contribution is 0.0746. The summed E-state index contributed by atoms with van der Waals surface area (Å²) in [6.45, 7) is 4.63. The Hall–Kier alpha value is -3.75. The molecule has 3 aromatic heterocycles. The second-order valence-electron chi connectivity index (χ2n) is 8.81. The average molecular weight is 460 g/mol. The number of hydrogen-bond donors (Lipinski definition) is 1. The highest BCUT2D eigenvalue weighted by Gasteiger charge is 2.24. The Balaban J connectivity index is 1.13. The number of rotatable bonds is 6. The third kappa shape index (κ3) is 5.24. The molecule has 1 saturated carbocycles. The number of carbonyl (C=O) groups is 1. The van der Waals surface area contributed by atoms with Gasteiger partial charge in [-0.2, -0.15) is 0 Å². The smallest absolute Gasteiger partial charge is 0.255 e. The molecule has 176 valence electrons. The number of nitrogens with zero attached hydrogens (tertiary/aromatic N) is 6. The van der Waals surface area contributed by atoms with E-state index in [2.05, 4.69) is 30.4 Å². The van der Waals surface area contributed by atoms with Crippen LogP contribution in [-0.4, -0.2) is 63.3 Å². The molecule has 34 heavy (non-hydrogen) atoms. The van der Waals surface area contributed by atoms with Crippen LogP contribution in [0.5, 0.6) is 5.88 Å². The molecule has 1 amide bonds. The van der Waals surface area contributed by atoms with E-state index < -0.39 is 0 Å². The maximum Gasteiger partial charge on any atom is 0.255 e. The van der Waals surface area contributed by atoms with Crippen molar-refractivity contribution in [1.29, 1.82) is 0 Å². The molecule has 4 heterocycles. The zero-order valence-electron chi connectivity index (χ0n) is 19.4. The topological polar surface area (TPSA) is 96.4 Å². The number of hydrogen-bond acceptors (Lipinski definition) is 8. The highest BCUT2D eigenvalue weighted by atomic mass is 16.5. The minimum atomic E-state index is -0.00389. The standard InChI is InChI=1S/C25H29N7O2/c1-18-6-8-21(26-16-18)28-22-9-10-23(30-29-22)31-12-14-32(15-13-31)25(33)19-7-11-24(27-17-19)34-20-4-2-3-5-20/h6-11,16-17,20H,2-5,12-15H2,1H3,(H,26,28,29). The van der Waals surface area contributed by atoms with E-state index in [0.29, 0.717) is 43.4 Å². The van der Waals surface area contributed by atoms with Crippen molar-refractivity contribution in [2.45, 2.75) is 38.7 Å². The molecule has 1 aliphatic carbocycles. The molecule has 9 nitrogen and oxygen atoms in total. The van der Waals surface area contributed by atoms with Gasteiger partial charge in [0.05, 0.1) is 5.56 Å². The monoisotopic (exact) mass is 459 g/mol. The molecule has 0 bridgehead atoms. The summed E-state index contributed by atoms with van der Waals surface area (Å²) in [6.07, 6.45) is 8.28. The van der Waals surface area contributed by atoms with Gasteiger partial charge in [0.1, 0.15) is 11.9 Å². The normalized spacial score (nSPS) is 16.5. The summed E-state index contributed by atoms with van der Waals surface area (Å²) in [5.74, 6) is 2.76. The van der Waals surface area contributed by atoms with Crippen LogP contribution in [-0.2, 0) is 0 Å². The number of nitrogens with one attached hydrogen (secondary N) is 1. The third-order valence-electron chi connectivity index (χ3n) is 6.28. The molecule has 0 atom stereocenters. The minimum Gasteiger partial charge on any atom is -0.474 e. The Morgan fingerprint density at radius 2 is 1.71 bits per heavy atom. The SMILES string of the molecule is Cc1ccc(Nc2ccc(N3CCN(C(=O)c4ccc(OC5CCCC5)nc4)CC3)nn2)nc1. The zero-order valence-corrected chi connectivity index (χ0v) is 19.4. The molecule has 1 aliphatic heterocycles. The van der Waals surface area contributed by atoms with E-state index >= 15 is 0 Å². The van der Waals surface area contributed by atoms with E-state index in [4.69, 9.17) is 4.74 Å². The van der Waals surface area contributed by atoms with E-state index in [0.717, 1.165) is 30.0 Å². The fourth-order valence-corrected chi connectivity index (χ4v) is 4.31. The van der Waals surface area contributed by atoms with Crippen LogP contribution in [0, 0.1) is 6.92 Å². The van der Waals surface area contributed by atoms with Crippen molar-refractivity contribution < 1.29 is 9.53 Å². The molecule has 5 rings (SSSR count). The van der Waals surface area contributed by atoms with Crippen LogP contribution in [0.3, 0.4) is 0 Å². The van der Waals surface area contributed by atoms with Gasteiger partial charge in [-0.15, -0.1) is 10.2 Å². The number of ether oxygens (including phenoxy) is 1. The zero-order chi connectivity index (χ0) is 23.3. The summed E-state index contributed by atoms with van der Waals surface area (Å²) in [5.41, 5.74) is 1.69. The molecule has 1 N–H and O–H groups in total. The summed E-state index contributed by atoms with van der Waals surface area (Å²) in [5, 5.41) is 11.8. The van der Waals surface area contributed by atoms with Gasteiger partial charge in [-0.3, -0.25) is 4.79 Å². The lowest BCUT2D eigenvalue weighted by Gasteiger charge is -2.35. The Labute approximate surface area is 199 Å². The second-order valence-corrected chi connectivity index (χ2v) is 8.81. The van der Waals surface area contributed by atoms with Crippen molar-refractivity contribution in [1.82, 2.24) is 25.1 Å². The first kappa shape index (κ1) is 22.1. The molecule has 1 saturated heterocycles. The Morgan fingerprint density at radius 3 is 2.35 bits per heavy atom. The van der Waals surface area contributed by atoms with Crippen molar-refractivity contribution in [2.75, 3.05) is 36.4 Å². The number of aryl methyl sites for hydroxylation is 1. The molecule has 3 aromatic rings. The van der Waals surface area contributed by atoms with Crippen LogP contribution in [0.1, 0.15) is 41.6 Å². The lowest BCUT2D eigenvalue weighted by Crippen LogP contribution is -2.49. The molecule has 9 heteroatoms. The Bertz CT molecular complexity index is 1090. The minimum absolute atomic E-state index is 0.00389. The largest absolute Gasteiger partial charge is 0.474 e. The van der Waals surface area contributed by atoms with Crippen LogP contribution < -0.4 is 15.0 Å². The van der Waals surface area contributed by atoms with Crippen LogP contribution in [0.15, 0.2) is 48.8 Å². The number of aromatic nitrogens is 4. The summed E-state index contributed by atoms with van der Waals surface area (Å²) in [4.78, 5) is 25.6. The van der Waals surface area contributed by atoms with Crippen molar-refractivity contribution in [3.05, 3.63) is 59.9 Å². The number of carbonyl (C=O) groups excluding carboxylic acids is 1. The molecule has 2 aliphatic rings.